The Morgan fingerprint density at radius 2 is 1.17 bits per heavy atom. The van der Waals surface area contributed by atoms with E-state index in [2.05, 4.69) is 36.6 Å². The van der Waals surface area contributed by atoms with Crippen molar-refractivity contribution in [1.82, 2.24) is 0 Å². The molecule has 0 saturated carbocycles. The summed E-state index contributed by atoms with van der Waals surface area (Å²) < 4.78 is 1.96. The van der Waals surface area contributed by atoms with Crippen LogP contribution in [0.4, 0.5) is 0 Å². The summed E-state index contributed by atoms with van der Waals surface area (Å²) in [4.78, 5) is 25.8. The summed E-state index contributed by atoms with van der Waals surface area (Å²) in [6, 6.07) is 22.7. The summed E-state index contributed by atoms with van der Waals surface area (Å²) in [7, 11) is 0. The minimum atomic E-state index is -0.314. The molecule has 0 aliphatic carbocycles. The summed E-state index contributed by atoms with van der Waals surface area (Å²) in [5.41, 5.74) is 9.67. The lowest BCUT2D eigenvalue weighted by molar-refractivity contribution is 0.00236. The van der Waals surface area contributed by atoms with Gasteiger partial charge in [0.05, 0.1) is 0 Å². The minimum absolute atomic E-state index is 0.105. The largest absolute Gasteiger partial charge is 0.361 e. The zero-order valence-electron chi connectivity index (χ0n) is 16.0. The van der Waals surface area contributed by atoms with E-state index in [1.54, 1.807) is 19.1 Å². The normalized spacial score (nSPS) is 10.1. The van der Waals surface area contributed by atoms with Gasteiger partial charge in [0, 0.05) is 20.1 Å². The summed E-state index contributed by atoms with van der Waals surface area (Å²) in [6.45, 7) is 1.59. The summed E-state index contributed by atoms with van der Waals surface area (Å²) in [6.07, 6.45) is 0.898. The van der Waals surface area contributed by atoms with Crippen LogP contribution in [0.1, 0.15) is 27.6 Å². The Hall–Kier alpha value is -2.92. The van der Waals surface area contributed by atoms with Crippen molar-refractivity contribution in [3.05, 3.63) is 98.4 Å². The zero-order chi connectivity index (χ0) is 21.7. The maximum atomic E-state index is 11.6. The van der Waals surface area contributed by atoms with Crippen LogP contribution in [0.3, 0.4) is 0 Å². The Morgan fingerprint density at radius 3 is 1.63 bits per heavy atom. The minimum Gasteiger partial charge on any atom is -0.361 e. The first-order valence-corrected chi connectivity index (χ1v) is 10.6. The van der Waals surface area contributed by atoms with Crippen LogP contribution in [0.2, 0.25) is 0 Å². The molecule has 0 heterocycles. The summed E-state index contributed by atoms with van der Waals surface area (Å²) in [5, 5.41) is 3.89. The molecule has 0 fully saturated rings. The average Bonchev–Trinajstić information content (AvgIpc) is 2.75. The van der Waals surface area contributed by atoms with Crippen molar-refractivity contribution in [2.24, 2.45) is 0 Å². The van der Waals surface area contributed by atoms with Crippen molar-refractivity contribution >= 4 is 71.2 Å². The van der Waals surface area contributed by atoms with Crippen LogP contribution < -0.4 is 0 Å². The lowest BCUT2D eigenvalue weighted by Crippen LogP contribution is -2.01. The van der Waals surface area contributed by atoms with Gasteiger partial charge in [-0.05, 0) is 52.7 Å². The maximum absolute atomic E-state index is 11.6. The van der Waals surface area contributed by atoms with Gasteiger partial charge in [-0.15, -0.1) is 0 Å². The Morgan fingerprint density at radius 1 is 0.733 bits per heavy atom. The molecule has 0 aliphatic heterocycles. The number of halogens is 2. The summed E-state index contributed by atoms with van der Waals surface area (Å²) >= 11 is 6.89. The van der Waals surface area contributed by atoms with Gasteiger partial charge in [0.15, 0.2) is 5.78 Å². The second-order valence-electron chi connectivity index (χ2n) is 6.45. The van der Waals surface area contributed by atoms with Crippen molar-refractivity contribution in [2.45, 2.75) is 6.92 Å². The second-order valence-corrected chi connectivity index (χ2v) is 8.15. The molecule has 0 amide bonds. The van der Waals surface area contributed by atoms with E-state index < -0.39 is 0 Å². The molecule has 4 nitrogen and oxygen atoms in total. The third-order valence-corrected chi connectivity index (χ3v) is 5.94. The topological polar surface area (TPSA) is 70.5 Å². The van der Waals surface area contributed by atoms with E-state index in [0.29, 0.717) is 5.56 Å². The molecule has 0 radical (unpaired) electrons. The highest BCUT2D eigenvalue weighted by Gasteiger charge is 2.12. The number of carbonyl (C=O) groups excluding carboxylic acids is 2. The molecule has 0 bridgehead atoms. The monoisotopic (exact) mass is 522 g/mol. The number of nitrogens with zero attached hydrogens (tertiary/aromatic N) is 2. The van der Waals surface area contributed by atoms with Crippen molar-refractivity contribution in [3.63, 3.8) is 0 Å². The van der Waals surface area contributed by atoms with Gasteiger partial charge in [-0.1, -0.05) is 80.4 Å². The Kier molecular flexibility index (Phi) is 7.06. The number of ketones is 2. The van der Waals surface area contributed by atoms with E-state index in [9.17, 15) is 9.59 Å². The van der Waals surface area contributed by atoms with Crippen LogP contribution in [0.5, 0.6) is 0 Å². The number of hydrogen-bond donors (Lipinski definition) is 0. The molecule has 6 heteroatoms. The van der Waals surface area contributed by atoms with Crippen molar-refractivity contribution in [1.29, 1.82) is 0 Å². The van der Waals surface area contributed by atoms with Crippen LogP contribution >= 0.6 is 31.9 Å². The molecule has 0 N–H and O–H groups in total. The molecule has 4 aromatic carbocycles. The van der Waals surface area contributed by atoms with Crippen molar-refractivity contribution in [2.75, 3.05) is 0 Å². The molecule has 0 unspecified atom stereocenters. The molecule has 0 aromatic heterocycles. The molecule has 0 spiro atoms. The van der Waals surface area contributed by atoms with Crippen molar-refractivity contribution in [3.8, 4) is 0 Å². The first kappa shape index (κ1) is 21.8. The van der Waals surface area contributed by atoms with E-state index in [-0.39, 0.29) is 11.6 Å². The standard InChI is InChI=1S/C12H7BrN2O.C12H9BrO/c13-11-6-5-10(12(16)7-15-14)8-3-1-2-4-9(8)11;1-8(14)9-6-7-12(13)11-5-3-2-4-10(9)11/h1-7H;2-7H,1H3. The van der Waals surface area contributed by atoms with E-state index in [4.69, 9.17) is 5.53 Å². The molecule has 0 atom stereocenters. The number of rotatable bonds is 3. The molecule has 0 aliphatic rings. The van der Waals surface area contributed by atoms with Crippen LogP contribution in [0.15, 0.2) is 81.7 Å². The van der Waals surface area contributed by atoms with E-state index >= 15 is 0 Å². The Bertz CT molecular complexity index is 1330. The quantitative estimate of drug-likeness (QED) is 0.127. The fourth-order valence-electron chi connectivity index (χ4n) is 3.17. The highest BCUT2D eigenvalue weighted by atomic mass is 79.9. The molecule has 30 heavy (non-hydrogen) atoms. The van der Waals surface area contributed by atoms with E-state index in [1.807, 2.05) is 60.7 Å². The van der Waals surface area contributed by atoms with Crippen LogP contribution in [0.25, 0.3) is 27.1 Å². The molecular formula is C24H16Br2N2O2. The third kappa shape index (κ3) is 4.62. The molecule has 148 valence electrons. The molecular weight excluding hydrogens is 508 g/mol. The zero-order valence-corrected chi connectivity index (χ0v) is 19.1. The second kappa shape index (κ2) is 9.72. The van der Waals surface area contributed by atoms with Crippen LogP contribution in [0, 0.1) is 0 Å². The fourth-order valence-corrected chi connectivity index (χ4v) is 4.12. The first-order valence-electron chi connectivity index (χ1n) is 9.01. The number of hydrogen-bond acceptors (Lipinski definition) is 2. The van der Waals surface area contributed by atoms with Gasteiger partial charge in [0.25, 0.3) is 5.78 Å². The summed E-state index contributed by atoms with van der Waals surface area (Å²) in [5.74, 6) is -0.208. The lowest BCUT2D eigenvalue weighted by Gasteiger charge is -2.04. The average molecular weight is 524 g/mol. The lowest BCUT2D eigenvalue weighted by atomic mass is 10.0. The number of benzene rings is 4. The van der Waals surface area contributed by atoms with Gasteiger partial charge < -0.3 is 5.53 Å². The van der Waals surface area contributed by atoms with Gasteiger partial charge >= 0.3 is 6.21 Å². The predicted octanol–water partition coefficient (Wildman–Crippen LogP) is 6.89. The molecule has 4 aromatic rings. The number of carbonyl (C=O) groups is 2. The number of Topliss-reactive ketones (excluding diaryl/α,β-unsaturated/α-hetero) is 2. The van der Waals surface area contributed by atoms with Crippen LogP contribution in [-0.2, 0) is 0 Å². The van der Waals surface area contributed by atoms with Gasteiger partial charge in [0.1, 0.15) is 0 Å². The SMILES string of the molecule is CC(=O)c1ccc(Br)c2ccccc12.[N-]=[N+]=CC(=O)c1ccc(Br)c2ccccc12. The van der Waals surface area contributed by atoms with Crippen molar-refractivity contribution < 1.29 is 14.4 Å². The van der Waals surface area contributed by atoms with Gasteiger partial charge in [-0.3, -0.25) is 9.59 Å². The Labute approximate surface area is 190 Å². The predicted molar refractivity (Wildman–Crippen MR) is 127 cm³/mol. The Balaban J connectivity index is 0.000000172. The highest BCUT2D eigenvalue weighted by Crippen LogP contribution is 2.27. The number of fused-ring (bicyclic) bond motifs is 2. The van der Waals surface area contributed by atoms with Gasteiger partial charge in [0.2, 0.25) is 0 Å². The van der Waals surface area contributed by atoms with Gasteiger partial charge in [-0.2, -0.15) is 4.79 Å². The first-order chi connectivity index (χ1) is 14.4. The maximum Gasteiger partial charge on any atom is 0.328 e. The third-order valence-electron chi connectivity index (χ3n) is 4.56. The molecule has 4 rings (SSSR count). The van der Waals surface area contributed by atoms with E-state index in [1.165, 1.54) is 0 Å². The van der Waals surface area contributed by atoms with Crippen LogP contribution in [-0.4, -0.2) is 22.6 Å². The highest BCUT2D eigenvalue weighted by molar-refractivity contribution is 9.11. The fraction of sp³-hybridized carbons (Fsp3) is 0.0417. The van der Waals surface area contributed by atoms with Gasteiger partial charge in [-0.25, -0.2) is 0 Å². The molecule has 0 saturated heterocycles. The van der Waals surface area contributed by atoms with E-state index in [0.717, 1.165) is 42.3 Å². The smallest absolute Gasteiger partial charge is 0.328 e.